The van der Waals surface area contributed by atoms with Crippen molar-refractivity contribution in [1.82, 2.24) is 0 Å². The van der Waals surface area contributed by atoms with E-state index in [1.54, 1.807) is 6.92 Å². The Hall–Kier alpha value is -0.650. The quantitative estimate of drug-likeness (QED) is 0.430. The molecule has 1 heterocycles. The lowest BCUT2D eigenvalue weighted by atomic mass is 9.35. The molecule has 37 heavy (non-hydrogen) atoms. The number of hydrogen-bond acceptors (Lipinski definition) is 5. The summed E-state index contributed by atoms with van der Waals surface area (Å²) in [5.41, 5.74) is -0.944. The molecule has 11 atom stereocenters. The molecule has 0 spiro atoms. The molecule has 4 saturated carbocycles. The van der Waals surface area contributed by atoms with Gasteiger partial charge in [0.25, 0.3) is 0 Å². The Kier molecular flexibility index (Phi) is 6.35. The van der Waals surface area contributed by atoms with E-state index in [4.69, 9.17) is 9.47 Å². The molecule has 5 aliphatic rings. The van der Waals surface area contributed by atoms with E-state index in [0.717, 1.165) is 51.4 Å². The molecule has 1 saturated heterocycles. The third-order valence-corrected chi connectivity index (χ3v) is 13.5. The summed E-state index contributed by atoms with van der Waals surface area (Å²) in [4.78, 5) is 12.5. The summed E-state index contributed by atoms with van der Waals surface area (Å²) in [5, 5.41) is 21.7. The van der Waals surface area contributed by atoms with Crippen molar-refractivity contribution in [3.63, 3.8) is 0 Å². The van der Waals surface area contributed by atoms with Crippen LogP contribution < -0.4 is 0 Å². The highest BCUT2D eigenvalue weighted by Gasteiger charge is 2.72. The van der Waals surface area contributed by atoms with Crippen LogP contribution in [-0.2, 0) is 14.3 Å². The largest absolute Gasteiger partial charge is 0.462 e. The molecule has 0 aromatic carbocycles. The van der Waals surface area contributed by atoms with Crippen LogP contribution in [0.15, 0.2) is 0 Å². The SMILES string of the molecule is CC(=O)O[C@@H]1CC2[C@@]3(C)CCC(O)C(C)(C)C3CC[C@@]2(C)[C@]2(C)CCC([C@@]3(C)CC[C@@H](C(C)(C)O)O3)C12. The van der Waals surface area contributed by atoms with Gasteiger partial charge in [0.2, 0.25) is 0 Å². The number of hydrogen-bond donors (Lipinski definition) is 2. The second kappa shape index (κ2) is 8.43. The van der Waals surface area contributed by atoms with Gasteiger partial charge in [-0.3, -0.25) is 4.79 Å². The fraction of sp³-hybridized carbons (Fsp3) is 0.969. The van der Waals surface area contributed by atoms with Crippen LogP contribution >= 0.6 is 0 Å². The Balaban J connectivity index is 1.54. The summed E-state index contributed by atoms with van der Waals surface area (Å²) in [6.45, 7) is 19.7. The maximum absolute atomic E-state index is 12.5. The average Bonchev–Trinajstić information content (AvgIpc) is 3.35. The number of carbonyl (C=O) groups excluding carboxylic acids is 1. The number of rotatable bonds is 3. The fourth-order valence-electron chi connectivity index (χ4n) is 11.4. The summed E-state index contributed by atoms with van der Waals surface area (Å²) < 4.78 is 13.0. The highest BCUT2D eigenvalue weighted by molar-refractivity contribution is 5.66. The van der Waals surface area contributed by atoms with E-state index in [1.165, 1.54) is 6.42 Å². The highest BCUT2D eigenvalue weighted by atomic mass is 16.5. The smallest absolute Gasteiger partial charge is 0.302 e. The molecule has 0 aromatic heterocycles. The zero-order valence-corrected chi connectivity index (χ0v) is 25.0. The number of aliphatic hydroxyl groups excluding tert-OH is 1. The molecular weight excluding hydrogens is 464 g/mol. The first-order valence-corrected chi connectivity index (χ1v) is 15.2. The summed E-state index contributed by atoms with van der Waals surface area (Å²) >= 11 is 0. The Bertz CT molecular complexity index is 923. The standard InChI is InChI=1S/C32H54O5/c1-19(33)36-21-18-23-29(6)14-12-24(34)27(2,3)22(29)11-16-30(23,7)31(8)15-10-20(26(21)31)32(9)17-13-25(37-32)28(4,5)35/h20-26,34-35H,10-18H2,1-9H3/t20?,21-,22?,23?,24?,25+,26?,29+,30-,31-,32-/m1/s1. The van der Waals surface area contributed by atoms with Gasteiger partial charge in [-0.05, 0) is 118 Å². The zero-order chi connectivity index (χ0) is 27.4. The molecule has 1 aliphatic heterocycles. The minimum absolute atomic E-state index is 0.0497. The molecule has 5 fully saturated rings. The van der Waals surface area contributed by atoms with Crippen molar-refractivity contribution in [2.75, 3.05) is 0 Å². The summed E-state index contributed by atoms with van der Waals surface area (Å²) in [6.07, 6.45) is 8.67. The first-order valence-electron chi connectivity index (χ1n) is 15.2. The molecule has 0 radical (unpaired) electrons. The second-order valence-corrected chi connectivity index (χ2v) is 16.0. The van der Waals surface area contributed by atoms with E-state index in [9.17, 15) is 15.0 Å². The average molecular weight is 519 g/mol. The molecule has 4 aliphatic carbocycles. The van der Waals surface area contributed by atoms with Gasteiger partial charge in [-0.25, -0.2) is 0 Å². The van der Waals surface area contributed by atoms with Gasteiger partial charge < -0.3 is 19.7 Å². The normalized spacial score (nSPS) is 53.2. The molecule has 0 aromatic rings. The maximum Gasteiger partial charge on any atom is 0.302 e. The van der Waals surface area contributed by atoms with Crippen molar-refractivity contribution < 1.29 is 24.5 Å². The van der Waals surface area contributed by atoms with Crippen LogP contribution in [0.1, 0.15) is 120 Å². The van der Waals surface area contributed by atoms with Gasteiger partial charge in [0.05, 0.1) is 23.4 Å². The van der Waals surface area contributed by atoms with Crippen molar-refractivity contribution in [3.8, 4) is 0 Å². The van der Waals surface area contributed by atoms with Gasteiger partial charge in [-0.2, -0.15) is 0 Å². The molecule has 5 rings (SSSR count). The topological polar surface area (TPSA) is 76.0 Å². The van der Waals surface area contributed by atoms with Gasteiger partial charge >= 0.3 is 5.97 Å². The summed E-state index contributed by atoms with van der Waals surface area (Å²) in [5.74, 6) is 1.31. The number of fused-ring (bicyclic) bond motifs is 5. The molecule has 0 amide bonds. The van der Waals surface area contributed by atoms with Crippen molar-refractivity contribution in [1.29, 1.82) is 0 Å². The third-order valence-electron chi connectivity index (χ3n) is 13.5. The molecular formula is C32H54O5. The molecule has 0 bridgehead atoms. The van der Waals surface area contributed by atoms with E-state index >= 15 is 0 Å². The molecule has 212 valence electrons. The molecule has 5 unspecified atom stereocenters. The van der Waals surface area contributed by atoms with Crippen LogP contribution in [0.4, 0.5) is 0 Å². The van der Waals surface area contributed by atoms with Crippen molar-refractivity contribution >= 4 is 5.97 Å². The van der Waals surface area contributed by atoms with Crippen LogP contribution in [0.25, 0.3) is 0 Å². The number of aliphatic hydroxyl groups is 2. The fourth-order valence-corrected chi connectivity index (χ4v) is 11.4. The zero-order valence-electron chi connectivity index (χ0n) is 25.0. The lowest BCUT2D eigenvalue weighted by Crippen LogP contribution is -2.67. The van der Waals surface area contributed by atoms with Crippen LogP contribution in [0, 0.1) is 45.3 Å². The van der Waals surface area contributed by atoms with Crippen LogP contribution in [0.2, 0.25) is 0 Å². The molecule has 2 N–H and O–H groups in total. The number of ether oxygens (including phenoxy) is 2. The summed E-state index contributed by atoms with van der Waals surface area (Å²) in [7, 11) is 0. The first kappa shape index (κ1) is 27.9. The van der Waals surface area contributed by atoms with E-state index in [0.29, 0.717) is 17.8 Å². The maximum atomic E-state index is 12.5. The van der Waals surface area contributed by atoms with E-state index in [1.807, 2.05) is 13.8 Å². The highest BCUT2D eigenvalue weighted by Crippen LogP contribution is 2.76. The Morgan fingerprint density at radius 3 is 2.14 bits per heavy atom. The van der Waals surface area contributed by atoms with Crippen molar-refractivity contribution in [3.05, 3.63) is 0 Å². The lowest BCUT2D eigenvalue weighted by Gasteiger charge is -2.70. The predicted molar refractivity (Wildman–Crippen MR) is 145 cm³/mol. The van der Waals surface area contributed by atoms with Gasteiger partial charge in [0, 0.05) is 12.8 Å². The minimum atomic E-state index is -0.857. The van der Waals surface area contributed by atoms with Crippen molar-refractivity contribution in [2.45, 2.75) is 150 Å². The van der Waals surface area contributed by atoms with Gasteiger partial charge in [-0.15, -0.1) is 0 Å². The first-order chi connectivity index (χ1) is 16.9. The molecule has 5 heteroatoms. The lowest BCUT2D eigenvalue weighted by molar-refractivity contribution is -0.252. The second-order valence-electron chi connectivity index (χ2n) is 16.0. The predicted octanol–water partition coefficient (Wildman–Crippen LogP) is 6.28. The van der Waals surface area contributed by atoms with Crippen molar-refractivity contribution in [2.24, 2.45) is 45.3 Å². The Morgan fingerprint density at radius 2 is 1.54 bits per heavy atom. The van der Waals surface area contributed by atoms with Crippen LogP contribution in [-0.4, -0.2) is 45.7 Å². The van der Waals surface area contributed by atoms with Gasteiger partial charge in [-0.1, -0.05) is 34.6 Å². The Labute approximate surface area is 225 Å². The van der Waals surface area contributed by atoms with Crippen LogP contribution in [0.5, 0.6) is 0 Å². The number of esters is 1. The molecule has 5 nitrogen and oxygen atoms in total. The van der Waals surface area contributed by atoms with E-state index in [2.05, 4.69) is 41.5 Å². The van der Waals surface area contributed by atoms with Crippen LogP contribution in [0.3, 0.4) is 0 Å². The van der Waals surface area contributed by atoms with E-state index in [-0.39, 0.29) is 57.5 Å². The monoisotopic (exact) mass is 518 g/mol. The summed E-state index contributed by atoms with van der Waals surface area (Å²) in [6, 6.07) is 0. The van der Waals surface area contributed by atoms with Gasteiger partial charge in [0.1, 0.15) is 6.10 Å². The minimum Gasteiger partial charge on any atom is -0.462 e. The number of carbonyl (C=O) groups is 1. The van der Waals surface area contributed by atoms with E-state index < -0.39 is 5.60 Å². The van der Waals surface area contributed by atoms with Gasteiger partial charge in [0.15, 0.2) is 0 Å². The Morgan fingerprint density at radius 1 is 0.892 bits per heavy atom. The third kappa shape index (κ3) is 3.83.